The molecule has 0 bridgehead atoms. The van der Waals surface area contributed by atoms with Gasteiger partial charge in [-0.3, -0.25) is 0 Å². The fraction of sp³-hybridized carbons (Fsp3) is 0.0769. The van der Waals surface area contributed by atoms with Crippen molar-refractivity contribution in [2.75, 3.05) is 0 Å². The van der Waals surface area contributed by atoms with Crippen LogP contribution in [0.3, 0.4) is 0 Å². The Morgan fingerprint density at radius 3 is 2.56 bits per heavy atom. The molecule has 94 valence electrons. The van der Waals surface area contributed by atoms with E-state index in [9.17, 15) is 13.2 Å². The fourth-order valence-electron chi connectivity index (χ4n) is 1.41. The summed E-state index contributed by atoms with van der Waals surface area (Å²) in [4.78, 5) is 0.633. The van der Waals surface area contributed by atoms with Gasteiger partial charge in [-0.25, -0.2) is 13.2 Å². The first kappa shape index (κ1) is 13.5. The van der Waals surface area contributed by atoms with Crippen LogP contribution in [0.25, 0.3) is 0 Å². The van der Waals surface area contributed by atoms with Crippen LogP contribution in [0.15, 0.2) is 45.8 Å². The third-order valence-corrected chi connectivity index (χ3v) is 3.95. The Labute approximate surface area is 115 Å². The van der Waals surface area contributed by atoms with Gasteiger partial charge in [-0.05, 0) is 46.3 Å². The maximum atomic E-state index is 13.7. The predicted molar refractivity (Wildman–Crippen MR) is 70.0 cm³/mol. The van der Waals surface area contributed by atoms with Crippen LogP contribution >= 0.6 is 27.7 Å². The molecule has 0 fully saturated rings. The minimum Gasteiger partial charge on any atom is -0.207 e. The Morgan fingerprint density at radius 2 is 1.83 bits per heavy atom. The van der Waals surface area contributed by atoms with Crippen LogP contribution in [0.4, 0.5) is 13.2 Å². The molecule has 0 aliphatic heterocycles. The Balaban J connectivity index is 2.18. The monoisotopic (exact) mass is 332 g/mol. The smallest absolute Gasteiger partial charge is 0.144 e. The van der Waals surface area contributed by atoms with Gasteiger partial charge >= 0.3 is 0 Å². The molecule has 18 heavy (non-hydrogen) atoms. The van der Waals surface area contributed by atoms with Crippen molar-refractivity contribution in [3.63, 3.8) is 0 Å². The van der Waals surface area contributed by atoms with E-state index < -0.39 is 11.6 Å². The number of hydrogen-bond donors (Lipinski definition) is 0. The van der Waals surface area contributed by atoms with Gasteiger partial charge in [0.1, 0.15) is 17.5 Å². The van der Waals surface area contributed by atoms with Gasteiger partial charge in [-0.15, -0.1) is 11.8 Å². The van der Waals surface area contributed by atoms with E-state index in [4.69, 9.17) is 0 Å². The van der Waals surface area contributed by atoms with Crippen molar-refractivity contribution < 1.29 is 13.2 Å². The van der Waals surface area contributed by atoms with Gasteiger partial charge in [0.15, 0.2) is 0 Å². The summed E-state index contributed by atoms with van der Waals surface area (Å²) in [7, 11) is 0. The van der Waals surface area contributed by atoms with Gasteiger partial charge in [-0.1, -0.05) is 6.07 Å². The molecule has 0 heterocycles. The minimum absolute atomic E-state index is 0.0152. The lowest BCUT2D eigenvalue weighted by Crippen LogP contribution is -1.94. The van der Waals surface area contributed by atoms with E-state index >= 15 is 0 Å². The third-order valence-electron chi connectivity index (χ3n) is 2.32. The normalized spacial score (nSPS) is 10.7. The molecule has 2 rings (SSSR count). The Morgan fingerprint density at radius 1 is 1.06 bits per heavy atom. The molecule has 0 saturated carbocycles. The molecule has 0 unspecified atom stereocenters. The molecule has 5 heteroatoms. The summed E-state index contributed by atoms with van der Waals surface area (Å²) in [6.07, 6.45) is 0. The van der Waals surface area contributed by atoms with Gasteiger partial charge in [0, 0.05) is 16.2 Å². The van der Waals surface area contributed by atoms with Crippen LogP contribution in [-0.2, 0) is 5.75 Å². The highest BCUT2D eigenvalue weighted by Gasteiger charge is 2.12. The first-order valence-electron chi connectivity index (χ1n) is 5.08. The highest BCUT2D eigenvalue weighted by atomic mass is 79.9. The molecule has 0 N–H and O–H groups in total. The number of benzene rings is 2. The number of hydrogen-bond acceptors (Lipinski definition) is 1. The maximum absolute atomic E-state index is 13.7. The first-order chi connectivity index (χ1) is 8.58. The van der Waals surface area contributed by atoms with Crippen molar-refractivity contribution in [3.05, 3.63) is 63.9 Å². The summed E-state index contributed by atoms with van der Waals surface area (Å²) < 4.78 is 40.3. The number of rotatable bonds is 3. The standard InChI is InChI=1S/C13H8BrF3S/c14-11-4-5-12(16)10(13(11)17)7-18-9-3-1-2-8(15)6-9/h1-6H,7H2. The van der Waals surface area contributed by atoms with Gasteiger partial charge in [0.25, 0.3) is 0 Å². The zero-order valence-corrected chi connectivity index (χ0v) is 11.5. The zero-order chi connectivity index (χ0) is 13.1. The second-order valence-corrected chi connectivity index (χ2v) is 5.47. The van der Waals surface area contributed by atoms with E-state index in [0.717, 1.165) is 0 Å². The lowest BCUT2D eigenvalue weighted by Gasteiger charge is -2.06. The van der Waals surface area contributed by atoms with Gasteiger partial charge in [0.2, 0.25) is 0 Å². The summed E-state index contributed by atoms with van der Waals surface area (Å²) in [5.74, 6) is -1.46. The average Bonchev–Trinajstić information content (AvgIpc) is 2.34. The average molecular weight is 333 g/mol. The van der Waals surface area contributed by atoms with E-state index in [1.165, 1.54) is 36.0 Å². The van der Waals surface area contributed by atoms with Gasteiger partial charge in [0.05, 0.1) is 4.47 Å². The predicted octanol–water partition coefficient (Wildman–Crippen LogP) is 5.16. The summed E-state index contributed by atoms with van der Waals surface area (Å²) in [5, 5.41) is 0. The van der Waals surface area contributed by atoms with Crippen molar-refractivity contribution in [1.82, 2.24) is 0 Å². The quantitative estimate of drug-likeness (QED) is 0.552. The Bertz CT molecular complexity index is 572. The van der Waals surface area contributed by atoms with E-state index in [2.05, 4.69) is 15.9 Å². The van der Waals surface area contributed by atoms with E-state index in [-0.39, 0.29) is 21.6 Å². The highest BCUT2D eigenvalue weighted by Crippen LogP contribution is 2.29. The second kappa shape index (κ2) is 5.80. The molecule has 0 aromatic heterocycles. The Kier molecular flexibility index (Phi) is 4.35. The van der Waals surface area contributed by atoms with Crippen molar-refractivity contribution >= 4 is 27.7 Å². The molecule has 0 aliphatic carbocycles. The minimum atomic E-state index is -0.612. The summed E-state index contributed by atoms with van der Waals surface area (Å²) in [6.45, 7) is 0. The van der Waals surface area contributed by atoms with Crippen molar-refractivity contribution in [1.29, 1.82) is 0 Å². The molecule has 2 aromatic carbocycles. The van der Waals surface area contributed by atoms with E-state index in [1.807, 2.05) is 0 Å². The molecule has 0 spiro atoms. The molecule has 0 amide bonds. The van der Waals surface area contributed by atoms with Crippen LogP contribution in [0.1, 0.15) is 5.56 Å². The summed E-state index contributed by atoms with van der Waals surface area (Å²) in [5.41, 5.74) is -0.0152. The van der Waals surface area contributed by atoms with Crippen molar-refractivity contribution in [3.8, 4) is 0 Å². The van der Waals surface area contributed by atoms with Crippen molar-refractivity contribution in [2.45, 2.75) is 10.6 Å². The molecule has 0 atom stereocenters. The maximum Gasteiger partial charge on any atom is 0.144 e. The largest absolute Gasteiger partial charge is 0.207 e. The SMILES string of the molecule is Fc1cccc(SCc2c(F)ccc(Br)c2F)c1. The van der Waals surface area contributed by atoms with Crippen LogP contribution < -0.4 is 0 Å². The molecular formula is C13H8BrF3S. The zero-order valence-electron chi connectivity index (χ0n) is 9.09. The van der Waals surface area contributed by atoms with Crippen LogP contribution in [0, 0.1) is 17.5 Å². The van der Waals surface area contributed by atoms with E-state index in [0.29, 0.717) is 4.90 Å². The molecule has 0 radical (unpaired) electrons. The lowest BCUT2D eigenvalue weighted by atomic mass is 10.2. The van der Waals surface area contributed by atoms with E-state index in [1.54, 1.807) is 12.1 Å². The molecule has 0 nitrogen and oxygen atoms in total. The van der Waals surface area contributed by atoms with Crippen LogP contribution in [0.2, 0.25) is 0 Å². The Hall–Kier alpha value is -0.940. The van der Waals surface area contributed by atoms with Crippen molar-refractivity contribution in [2.24, 2.45) is 0 Å². The third kappa shape index (κ3) is 3.09. The molecule has 2 aromatic rings. The summed E-state index contributed by atoms with van der Waals surface area (Å²) >= 11 is 4.19. The number of thioether (sulfide) groups is 1. The van der Waals surface area contributed by atoms with Crippen LogP contribution in [0.5, 0.6) is 0 Å². The molecule has 0 saturated heterocycles. The molecule has 0 aliphatic rings. The highest BCUT2D eigenvalue weighted by molar-refractivity contribution is 9.10. The first-order valence-corrected chi connectivity index (χ1v) is 6.86. The summed E-state index contributed by atoms with van der Waals surface area (Å²) in [6, 6.07) is 8.44. The second-order valence-electron chi connectivity index (χ2n) is 3.57. The molecular weight excluding hydrogens is 325 g/mol. The topological polar surface area (TPSA) is 0 Å². The van der Waals surface area contributed by atoms with Gasteiger partial charge in [-0.2, -0.15) is 0 Å². The van der Waals surface area contributed by atoms with Crippen LogP contribution in [-0.4, -0.2) is 0 Å². The lowest BCUT2D eigenvalue weighted by molar-refractivity contribution is 0.562. The van der Waals surface area contributed by atoms with Gasteiger partial charge < -0.3 is 0 Å². The fourth-order valence-corrected chi connectivity index (χ4v) is 2.73. The number of halogens is 4.